The molecular formula is C11H22N2O4S2. The Morgan fingerprint density at radius 2 is 1.95 bits per heavy atom. The van der Waals surface area contributed by atoms with Crippen LogP contribution in [0.4, 0.5) is 0 Å². The van der Waals surface area contributed by atoms with Crippen LogP contribution >= 0.6 is 0 Å². The third kappa shape index (κ3) is 4.40. The van der Waals surface area contributed by atoms with E-state index in [2.05, 4.69) is 5.32 Å². The van der Waals surface area contributed by atoms with Crippen molar-refractivity contribution in [3.8, 4) is 0 Å². The highest BCUT2D eigenvalue weighted by Gasteiger charge is 2.30. The lowest BCUT2D eigenvalue weighted by Crippen LogP contribution is -2.41. The molecule has 1 N–H and O–H groups in total. The van der Waals surface area contributed by atoms with Crippen molar-refractivity contribution in [2.45, 2.75) is 19.3 Å². The van der Waals surface area contributed by atoms with E-state index in [0.29, 0.717) is 13.0 Å². The molecule has 0 radical (unpaired) electrons. The second-order valence-corrected chi connectivity index (χ2v) is 9.71. The number of hydrogen-bond acceptors (Lipinski definition) is 5. The lowest BCUT2D eigenvalue weighted by atomic mass is 10.0. The summed E-state index contributed by atoms with van der Waals surface area (Å²) in [5.74, 6) is 0.345. The maximum Gasteiger partial charge on any atom is 0.214 e. The summed E-state index contributed by atoms with van der Waals surface area (Å²) in [5, 5.41) is 3.21. The molecule has 2 saturated heterocycles. The quantitative estimate of drug-likeness (QED) is 0.755. The van der Waals surface area contributed by atoms with Gasteiger partial charge >= 0.3 is 0 Å². The van der Waals surface area contributed by atoms with E-state index in [0.717, 1.165) is 25.9 Å². The van der Waals surface area contributed by atoms with Crippen molar-refractivity contribution in [2.24, 2.45) is 5.92 Å². The highest BCUT2D eigenvalue weighted by molar-refractivity contribution is 7.91. The second-order valence-electron chi connectivity index (χ2n) is 5.40. The predicted molar refractivity (Wildman–Crippen MR) is 74.2 cm³/mol. The Hall–Kier alpha value is -0.180. The van der Waals surface area contributed by atoms with Crippen LogP contribution < -0.4 is 5.32 Å². The Morgan fingerprint density at radius 3 is 2.63 bits per heavy atom. The maximum absolute atomic E-state index is 12.3. The van der Waals surface area contributed by atoms with Crippen molar-refractivity contribution in [3.63, 3.8) is 0 Å². The van der Waals surface area contributed by atoms with Gasteiger partial charge in [0.15, 0.2) is 9.84 Å². The van der Waals surface area contributed by atoms with Gasteiger partial charge in [-0.25, -0.2) is 21.1 Å². The van der Waals surface area contributed by atoms with Gasteiger partial charge in [-0.2, -0.15) is 0 Å². The molecule has 0 spiro atoms. The molecule has 1 unspecified atom stereocenters. The molecule has 0 amide bonds. The van der Waals surface area contributed by atoms with E-state index in [-0.39, 0.29) is 29.7 Å². The van der Waals surface area contributed by atoms with Crippen LogP contribution in [-0.2, 0) is 19.9 Å². The lowest BCUT2D eigenvalue weighted by Gasteiger charge is -2.26. The number of nitrogens with one attached hydrogen (secondary N) is 1. The smallest absolute Gasteiger partial charge is 0.214 e. The maximum atomic E-state index is 12.3. The Bertz CT molecular complexity index is 495. The Balaban J connectivity index is 1.98. The van der Waals surface area contributed by atoms with Gasteiger partial charge in [-0.15, -0.1) is 0 Å². The summed E-state index contributed by atoms with van der Waals surface area (Å²) in [6, 6.07) is 0. The fourth-order valence-corrected chi connectivity index (χ4v) is 5.92. The first-order valence-corrected chi connectivity index (χ1v) is 10.2. The molecule has 0 saturated carbocycles. The molecule has 112 valence electrons. The number of sulfonamides is 1. The summed E-state index contributed by atoms with van der Waals surface area (Å²) in [5.41, 5.74) is 0. The van der Waals surface area contributed by atoms with Crippen LogP contribution in [0.3, 0.4) is 0 Å². The van der Waals surface area contributed by atoms with Crippen molar-refractivity contribution in [1.29, 1.82) is 0 Å². The number of sulfone groups is 1. The van der Waals surface area contributed by atoms with E-state index in [1.54, 1.807) is 0 Å². The van der Waals surface area contributed by atoms with Crippen molar-refractivity contribution >= 4 is 19.9 Å². The fourth-order valence-electron chi connectivity index (χ4n) is 2.66. The van der Waals surface area contributed by atoms with Gasteiger partial charge in [0.2, 0.25) is 10.0 Å². The molecule has 0 bridgehead atoms. The Kier molecular flexibility index (Phi) is 4.86. The molecule has 2 heterocycles. The van der Waals surface area contributed by atoms with Crippen LogP contribution in [0.5, 0.6) is 0 Å². The minimum atomic E-state index is -3.33. The van der Waals surface area contributed by atoms with E-state index in [1.807, 2.05) is 0 Å². The normalized spacial score (nSPS) is 29.8. The summed E-state index contributed by atoms with van der Waals surface area (Å²) in [6.07, 6.45) is 2.34. The molecule has 2 rings (SSSR count). The van der Waals surface area contributed by atoms with E-state index in [9.17, 15) is 16.8 Å². The van der Waals surface area contributed by atoms with Gasteiger partial charge in [0.1, 0.15) is 0 Å². The number of rotatable bonds is 3. The molecule has 0 aromatic rings. The highest BCUT2D eigenvalue weighted by Crippen LogP contribution is 2.17. The Morgan fingerprint density at radius 1 is 1.16 bits per heavy atom. The Labute approximate surface area is 115 Å². The standard InChI is InChI=1S/C11H22N2O4S2/c14-18(15)7-2-5-13(6-8-18)19(16,17)10-11-3-1-4-12-9-11/h11-12H,1-10H2. The molecule has 0 aliphatic carbocycles. The van der Waals surface area contributed by atoms with Crippen molar-refractivity contribution in [1.82, 2.24) is 9.62 Å². The topological polar surface area (TPSA) is 83.6 Å². The summed E-state index contributed by atoms with van der Waals surface area (Å²) in [7, 11) is -6.39. The van der Waals surface area contributed by atoms with Crippen molar-refractivity contribution in [3.05, 3.63) is 0 Å². The van der Waals surface area contributed by atoms with Gasteiger partial charge in [0.25, 0.3) is 0 Å². The van der Waals surface area contributed by atoms with Crippen LogP contribution in [0, 0.1) is 5.92 Å². The molecular weight excluding hydrogens is 288 g/mol. The monoisotopic (exact) mass is 310 g/mol. The number of piperidine rings is 1. The molecule has 0 aromatic carbocycles. The average molecular weight is 310 g/mol. The predicted octanol–water partition coefficient (Wildman–Crippen LogP) is -0.564. The third-order valence-corrected chi connectivity index (χ3v) is 7.51. The molecule has 1 atom stereocenters. The third-order valence-electron chi connectivity index (χ3n) is 3.75. The molecule has 6 nitrogen and oxygen atoms in total. The average Bonchev–Trinajstić information content (AvgIpc) is 2.51. The van der Waals surface area contributed by atoms with E-state index < -0.39 is 19.9 Å². The minimum Gasteiger partial charge on any atom is -0.316 e. The highest BCUT2D eigenvalue weighted by atomic mass is 32.2. The summed E-state index contributed by atoms with van der Waals surface area (Å²) in [4.78, 5) is 0. The van der Waals surface area contributed by atoms with E-state index >= 15 is 0 Å². The molecule has 2 fully saturated rings. The van der Waals surface area contributed by atoms with Gasteiger partial charge in [0.05, 0.1) is 17.3 Å². The molecule has 19 heavy (non-hydrogen) atoms. The zero-order valence-corrected chi connectivity index (χ0v) is 12.7. The first-order chi connectivity index (χ1) is 8.89. The van der Waals surface area contributed by atoms with Gasteiger partial charge in [-0.1, -0.05) is 0 Å². The zero-order chi connectivity index (χ0) is 13.9. The second kappa shape index (κ2) is 6.07. The van der Waals surface area contributed by atoms with Gasteiger partial charge < -0.3 is 5.32 Å². The molecule has 0 aromatic heterocycles. The van der Waals surface area contributed by atoms with Crippen LogP contribution in [0.1, 0.15) is 19.3 Å². The lowest BCUT2D eigenvalue weighted by molar-refractivity contribution is 0.384. The first kappa shape index (κ1) is 15.2. The van der Waals surface area contributed by atoms with Crippen LogP contribution in [-0.4, -0.2) is 64.6 Å². The van der Waals surface area contributed by atoms with Crippen LogP contribution in [0.15, 0.2) is 0 Å². The zero-order valence-electron chi connectivity index (χ0n) is 11.0. The van der Waals surface area contributed by atoms with Gasteiger partial charge in [0, 0.05) is 13.1 Å². The molecule has 2 aliphatic rings. The van der Waals surface area contributed by atoms with E-state index in [1.165, 1.54) is 4.31 Å². The minimum absolute atomic E-state index is 0.0465. The first-order valence-electron chi connectivity index (χ1n) is 6.78. The SMILES string of the molecule is O=S1(=O)CCCN(S(=O)(=O)CC2CCCNC2)CC1. The summed E-state index contributed by atoms with van der Waals surface area (Å²) >= 11 is 0. The van der Waals surface area contributed by atoms with Crippen LogP contribution in [0.2, 0.25) is 0 Å². The largest absolute Gasteiger partial charge is 0.316 e. The van der Waals surface area contributed by atoms with Crippen LogP contribution in [0.25, 0.3) is 0 Å². The van der Waals surface area contributed by atoms with Crippen molar-refractivity contribution in [2.75, 3.05) is 43.4 Å². The van der Waals surface area contributed by atoms with E-state index in [4.69, 9.17) is 0 Å². The van der Waals surface area contributed by atoms with Gasteiger partial charge in [-0.05, 0) is 38.3 Å². The summed E-state index contributed by atoms with van der Waals surface area (Å²) in [6.45, 7) is 2.15. The number of hydrogen-bond donors (Lipinski definition) is 1. The number of nitrogens with zero attached hydrogens (tertiary/aromatic N) is 1. The summed E-state index contributed by atoms with van der Waals surface area (Å²) < 4.78 is 49.0. The molecule has 2 aliphatic heterocycles. The molecule has 8 heteroatoms. The fraction of sp³-hybridized carbons (Fsp3) is 1.00. The van der Waals surface area contributed by atoms with Crippen molar-refractivity contribution < 1.29 is 16.8 Å². The van der Waals surface area contributed by atoms with Gasteiger partial charge in [-0.3, -0.25) is 0 Å².